The average molecular weight is 458 g/mol. The third-order valence-corrected chi connectivity index (χ3v) is 8.19. The van der Waals surface area contributed by atoms with E-state index >= 15 is 0 Å². The molecule has 1 amide bonds. The highest BCUT2D eigenvalue weighted by Crippen LogP contribution is 2.27. The minimum absolute atomic E-state index is 0.0447. The Morgan fingerprint density at radius 2 is 2.03 bits per heavy atom. The molecule has 2 aromatic carbocycles. The maximum atomic E-state index is 14.4. The van der Waals surface area contributed by atoms with Gasteiger partial charge in [-0.15, -0.1) is 6.42 Å². The molecule has 9 heteroatoms. The maximum Gasteiger partial charge on any atom is 0.266 e. The highest BCUT2D eigenvalue weighted by molar-refractivity contribution is 7.89. The van der Waals surface area contributed by atoms with Crippen LogP contribution in [0.1, 0.15) is 18.4 Å². The monoisotopic (exact) mass is 457 g/mol. The van der Waals surface area contributed by atoms with Crippen molar-refractivity contribution < 1.29 is 17.6 Å². The molecular formula is C22H20FN3O3S2. The van der Waals surface area contributed by atoms with Crippen LogP contribution in [-0.4, -0.2) is 35.8 Å². The van der Waals surface area contributed by atoms with Gasteiger partial charge in [-0.3, -0.25) is 4.79 Å². The number of benzene rings is 2. The topological polar surface area (TPSA) is 71.7 Å². The Morgan fingerprint density at radius 1 is 1.29 bits per heavy atom. The molecule has 6 nitrogen and oxygen atoms in total. The number of carbonyl (C=O) groups excluding carboxylic acids is 1. The lowest BCUT2D eigenvalue weighted by Crippen LogP contribution is -2.40. The summed E-state index contributed by atoms with van der Waals surface area (Å²) in [6, 6.07) is 10.2. The van der Waals surface area contributed by atoms with Crippen molar-refractivity contribution in [2.45, 2.75) is 37.2 Å². The number of rotatable bonds is 4. The largest absolute Gasteiger partial charge is 0.302 e. The van der Waals surface area contributed by atoms with E-state index < -0.39 is 27.8 Å². The molecule has 0 saturated carbocycles. The Labute approximate surface area is 183 Å². The number of carbonyl (C=O) groups is 1. The standard InChI is InChI=1S/C22H20FN3O3S2/c1-3-13-25-20-17(23)6-4-8-19(20)30-22(25)24-21(27)18-7-5-14-26(18)31(28,29)16-11-9-15(2)10-12-16/h1,4,6,8-12,18H,5,7,13-14H2,2H3. The number of aryl methyl sites for hydroxylation is 1. The summed E-state index contributed by atoms with van der Waals surface area (Å²) in [5.41, 5.74) is 1.23. The average Bonchev–Trinajstić information content (AvgIpc) is 3.35. The summed E-state index contributed by atoms with van der Waals surface area (Å²) in [7, 11) is -3.84. The van der Waals surface area contributed by atoms with Gasteiger partial charge in [0.1, 0.15) is 11.9 Å². The first-order valence-corrected chi connectivity index (χ1v) is 12.0. The van der Waals surface area contributed by atoms with Gasteiger partial charge in [0.25, 0.3) is 5.91 Å². The second kappa shape index (κ2) is 8.38. The van der Waals surface area contributed by atoms with Crippen LogP contribution >= 0.6 is 11.3 Å². The lowest BCUT2D eigenvalue weighted by Gasteiger charge is -2.21. The second-order valence-electron chi connectivity index (χ2n) is 7.30. The lowest BCUT2D eigenvalue weighted by atomic mass is 10.2. The van der Waals surface area contributed by atoms with Crippen LogP contribution in [0, 0.1) is 25.1 Å². The number of terminal acetylenes is 1. The van der Waals surface area contributed by atoms with Gasteiger partial charge >= 0.3 is 0 Å². The van der Waals surface area contributed by atoms with Crippen molar-refractivity contribution in [3.8, 4) is 12.3 Å². The van der Waals surface area contributed by atoms with Gasteiger partial charge in [-0.1, -0.05) is 41.0 Å². The number of halogens is 1. The van der Waals surface area contributed by atoms with Crippen molar-refractivity contribution in [1.82, 2.24) is 8.87 Å². The summed E-state index contributed by atoms with van der Waals surface area (Å²) >= 11 is 1.14. The smallest absolute Gasteiger partial charge is 0.266 e. The molecule has 0 spiro atoms. The van der Waals surface area contributed by atoms with E-state index in [9.17, 15) is 17.6 Å². The third-order valence-electron chi connectivity index (χ3n) is 5.22. The van der Waals surface area contributed by atoms with Crippen LogP contribution < -0.4 is 4.80 Å². The third kappa shape index (κ3) is 3.94. The SMILES string of the molecule is C#CCn1c(=NC(=O)C2CCCN2S(=O)(=O)c2ccc(C)cc2)sc2cccc(F)c21. The molecule has 3 aromatic rings. The number of hydrogen-bond donors (Lipinski definition) is 0. The van der Waals surface area contributed by atoms with Crippen molar-refractivity contribution in [3.63, 3.8) is 0 Å². The second-order valence-corrected chi connectivity index (χ2v) is 10.2. The van der Waals surface area contributed by atoms with E-state index in [1.807, 2.05) is 6.92 Å². The normalized spacial score (nSPS) is 17.8. The first-order chi connectivity index (χ1) is 14.8. The van der Waals surface area contributed by atoms with Gasteiger partial charge in [-0.2, -0.15) is 9.30 Å². The first-order valence-electron chi connectivity index (χ1n) is 9.71. The molecule has 4 rings (SSSR count). The van der Waals surface area contributed by atoms with Gasteiger partial charge < -0.3 is 4.57 Å². The summed E-state index contributed by atoms with van der Waals surface area (Å²) in [4.78, 5) is 17.6. The summed E-state index contributed by atoms with van der Waals surface area (Å²) < 4.78 is 43.9. The minimum atomic E-state index is -3.84. The lowest BCUT2D eigenvalue weighted by molar-refractivity contribution is -0.121. The quantitative estimate of drug-likeness (QED) is 0.566. The van der Waals surface area contributed by atoms with E-state index in [-0.39, 0.29) is 28.3 Å². The molecule has 1 aromatic heterocycles. The highest BCUT2D eigenvalue weighted by atomic mass is 32.2. The number of para-hydroxylation sites is 1. The van der Waals surface area contributed by atoms with E-state index in [2.05, 4.69) is 10.9 Å². The van der Waals surface area contributed by atoms with E-state index in [0.717, 1.165) is 16.9 Å². The molecule has 31 heavy (non-hydrogen) atoms. The van der Waals surface area contributed by atoms with Gasteiger partial charge in [0.2, 0.25) is 10.0 Å². The summed E-state index contributed by atoms with van der Waals surface area (Å²) in [6.07, 6.45) is 6.37. The molecule has 1 aliphatic heterocycles. The Bertz CT molecular complexity index is 1370. The Balaban J connectivity index is 1.74. The number of sulfonamides is 1. The Kier molecular flexibility index (Phi) is 5.79. The van der Waals surface area contributed by atoms with E-state index in [4.69, 9.17) is 6.42 Å². The van der Waals surface area contributed by atoms with Crippen LogP contribution in [0.25, 0.3) is 10.2 Å². The minimum Gasteiger partial charge on any atom is -0.302 e. The van der Waals surface area contributed by atoms with Crippen LogP contribution in [0.15, 0.2) is 52.4 Å². The Morgan fingerprint density at radius 3 is 2.74 bits per heavy atom. The highest BCUT2D eigenvalue weighted by Gasteiger charge is 2.39. The number of nitrogens with zero attached hydrogens (tertiary/aromatic N) is 3. The predicted molar refractivity (Wildman–Crippen MR) is 117 cm³/mol. The van der Waals surface area contributed by atoms with Crippen molar-refractivity contribution >= 4 is 37.5 Å². The fraction of sp³-hybridized carbons (Fsp3) is 0.273. The molecule has 160 valence electrons. The molecule has 0 bridgehead atoms. The predicted octanol–water partition coefficient (Wildman–Crippen LogP) is 3.06. The van der Waals surface area contributed by atoms with Gasteiger partial charge in [0.05, 0.1) is 21.7 Å². The molecule has 1 unspecified atom stereocenters. The van der Waals surface area contributed by atoms with Crippen LogP contribution in [-0.2, 0) is 21.4 Å². The maximum absolute atomic E-state index is 14.4. The van der Waals surface area contributed by atoms with Gasteiger partial charge in [-0.05, 0) is 44.0 Å². The molecule has 1 aliphatic rings. The molecule has 0 N–H and O–H groups in total. The van der Waals surface area contributed by atoms with E-state index in [1.54, 1.807) is 24.3 Å². The number of hydrogen-bond acceptors (Lipinski definition) is 4. The first kappa shape index (κ1) is 21.4. The zero-order chi connectivity index (χ0) is 22.2. The Hall–Kier alpha value is -2.80. The van der Waals surface area contributed by atoms with Gasteiger partial charge in [0, 0.05) is 6.54 Å². The van der Waals surface area contributed by atoms with Crippen LogP contribution in [0.5, 0.6) is 0 Å². The van der Waals surface area contributed by atoms with Crippen LogP contribution in [0.2, 0.25) is 0 Å². The fourth-order valence-corrected chi connectivity index (χ4v) is 6.40. The molecule has 1 saturated heterocycles. The molecule has 1 atom stereocenters. The molecule has 0 aliphatic carbocycles. The number of aromatic nitrogens is 1. The zero-order valence-corrected chi connectivity index (χ0v) is 18.4. The number of thiazole rings is 1. The van der Waals surface area contributed by atoms with Gasteiger partial charge in [0.15, 0.2) is 4.80 Å². The molecule has 0 radical (unpaired) electrons. The molecule has 2 heterocycles. The number of fused-ring (bicyclic) bond motifs is 1. The van der Waals surface area contributed by atoms with Crippen LogP contribution in [0.3, 0.4) is 0 Å². The summed E-state index contributed by atoms with van der Waals surface area (Å²) in [5.74, 6) is 1.42. The van der Waals surface area contributed by atoms with Crippen molar-refractivity contribution in [2.24, 2.45) is 4.99 Å². The van der Waals surface area contributed by atoms with Crippen LogP contribution in [0.4, 0.5) is 4.39 Å². The van der Waals surface area contributed by atoms with Crippen molar-refractivity contribution in [1.29, 1.82) is 0 Å². The zero-order valence-electron chi connectivity index (χ0n) is 16.8. The molecule has 1 fully saturated rings. The van der Waals surface area contributed by atoms with Crippen molar-refractivity contribution in [2.75, 3.05) is 6.54 Å². The van der Waals surface area contributed by atoms with E-state index in [1.165, 1.54) is 27.1 Å². The van der Waals surface area contributed by atoms with Gasteiger partial charge in [-0.25, -0.2) is 12.8 Å². The fourth-order valence-electron chi connectivity index (χ4n) is 3.70. The summed E-state index contributed by atoms with van der Waals surface area (Å²) in [5, 5.41) is 0. The van der Waals surface area contributed by atoms with Crippen molar-refractivity contribution in [3.05, 3.63) is 58.6 Å². The molecular weight excluding hydrogens is 437 g/mol. The van der Waals surface area contributed by atoms with E-state index in [0.29, 0.717) is 17.5 Å². The summed E-state index contributed by atoms with van der Waals surface area (Å²) in [6.45, 7) is 2.16. The number of amides is 1.